The van der Waals surface area contributed by atoms with Crippen molar-refractivity contribution in [3.8, 4) is 23.0 Å². The van der Waals surface area contributed by atoms with Gasteiger partial charge in [0.1, 0.15) is 23.0 Å². The molecular formula is C47H26F6O4. The van der Waals surface area contributed by atoms with Gasteiger partial charge >= 0.3 is 12.4 Å². The lowest BCUT2D eigenvalue weighted by Crippen LogP contribution is -2.54. The van der Waals surface area contributed by atoms with E-state index in [0.29, 0.717) is 10.8 Å². The van der Waals surface area contributed by atoms with Gasteiger partial charge in [0.15, 0.2) is 0 Å². The van der Waals surface area contributed by atoms with E-state index in [1.807, 2.05) is 24.3 Å². The van der Waals surface area contributed by atoms with Crippen LogP contribution in [0.15, 0.2) is 133 Å². The summed E-state index contributed by atoms with van der Waals surface area (Å²) < 4.78 is 93.1. The van der Waals surface area contributed by atoms with Crippen LogP contribution in [-0.4, -0.2) is 32.8 Å². The van der Waals surface area contributed by atoms with Crippen molar-refractivity contribution >= 4 is 86.2 Å². The van der Waals surface area contributed by atoms with Crippen LogP contribution in [0, 0.1) is 0 Å². The number of halogens is 6. The average Bonchev–Trinajstić information content (AvgIpc) is 3.19. The van der Waals surface area contributed by atoms with Crippen LogP contribution in [0.1, 0.15) is 11.1 Å². The minimum Gasteiger partial charge on any atom is -0.507 e. The number of aromatic hydroxyl groups is 4. The maximum Gasteiger partial charge on any atom is 0.411 e. The minimum absolute atomic E-state index is 0.0284. The first-order valence-corrected chi connectivity index (χ1v) is 17.8. The summed E-state index contributed by atoms with van der Waals surface area (Å²) in [6.07, 6.45) is -11.8. The Morgan fingerprint density at radius 3 is 0.754 bits per heavy atom. The van der Waals surface area contributed by atoms with E-state index >= 15 is 26.3 Å². The standard InChI is InChI=1S/C47H26F6O4/c48-46(49,50)45(47(51,52)53,31-11-9-27-19-37-39(21-29(27)13-31)43(56)35-17-25-7-3-1-5-23(25)15-33(35)41(37)54)32-12-10-28-20-38-40(22-30(28)14-32)44(57)36-18-26-8-4-2-6-24(26)16-34(36)42(38)55/h1-22,54-57H. The van der Waals surface area contributed by atoms with Gasteiger partial charge < -0.3 is 20.4 Å². The van der Waals surface area contributed by atoms with Gasteiger partial charge in [-0.25, -0.2) is 0 Å². The number of rotatable bonds is 2. The van der Waals surface area contributed by atoms with E-state index < -0.39 is 28.9 Å². The Morgan fingerprint density at radius 1 is 0.281 bits per heavy atom. The summed E-state index contributed by atoms with van der Waals surface area (Å²) in [7, 11) is 0. The van der Waals surface area contributed by atoms with Crippen molar-refractivity contribution in [2.45, 2.75) is 17.8 Å². The second kappa shape index (κ2) is 11.5. The van der Waals surface area contributed by atoms with Crippen LogP contribution in [0.5, 0.6) is 23.0 Å². The van der Waals surface area contributed by atoms with Gasteiger partial charge in [0, 0.05) is 43.1 Å². The van der Waals surface area contributed by atoms with Crippen LogP contribution in [0.2, 0.25) is 0 Å². The molecule has 0 aliphatic carbocycles. The van der Waals surface area contributed by atoms with Crippen LogP contribution in [0.25, 0.3) is 86.2 Å². The zero-order valence-electron chi connectivity index (χ0n) is 29.3. The quantitative estimate of drug-likeness (QED) is 0.0802. The fraction of sp³-hybridized carbons (Fsp3) is 0.0638. The van der Waals surface area contributed by atoms with Crippen LogP contribution >= 0.6 is 0 Å². The largest absolute Gasteiger partial charge is 0.507 e. The molecule has 280 valence electrons. The summed E-state index contributed by atoms with van der Waals surface area (Å²) in [5.74, 6) is -0.964. The average molecular weight is 769 g/mol. The third-order valence-corrected chi connectivity index (χ3v) is 11.5. The molecule has 10 aromatic carbocycles. The first-order valence-electron chi connectivity index (χ1n) is 17.8. The van der Waals surface area contributed by atoms with E-state index in [2.05, 4.69) is 0 Å². The summed E-state index contributed by atoms with van der Waals surface area (Å²) >= 11 is 0. The molecule has 0 saturated carbocycles. The van der Waals surface area contributed by atoms with Crippen molar-refractivity contribution in [2.75, 3.05) is 0 Å². The first-order chi connectivity index (χ1) is 27.2. The number of phenols is 4. The maximum atomic E-state index is 15.5. The Balaban J connectivity index is 1.20. The number of phenolic OH excluding ortho intramolecular Hbond substituents is 4. The lowest BCUT2D eigenvalue weighted by molar-refractivity contribution is -0.288. The second-order valence-electron chi connectivity index (χ2n) is 14.5. The fourth-order valence-corrected chi connectivity index (χ4v) is 8.67. The van der Waals surface area contributed by atoms with Crippen molar-refractivity contribution in [1.82, 2.24) is 0 Å². The topological polar surface area (TPSA) is 80.9 Å². The van der Waals surface area contributed by atoms with E-state index in [1.54, 1.807) is 48.5 Å². The molecule has 57 heavy (non-hydrogen) atoms. The highest BCUT2D eigenvalue weighted by molar-refractivity contribution is 6.18. The molecule has 0 bridgehead atoms. The van der Waals surface area contributed by atoms with Crippen molar-refractivity contribution in [3.63, 3.8) is 0 Å². The van der Waals surface area contributed by atoms with E-state index in [0.717, 1.165) is 57.9 Å². The van der Waals surface area contributed by atoms with Gasteiger partial charge in [0.2, 0.25) is 5.41 Å². The highest BCUT2D eigenvalue weighted by Gasteiger charge is 2.72. The highest BCUT2D eigenvalue weighted by Crippen LogP contribution is 2.57. The summed E-state index contributed by atoms with van der Waals surface area (Å²) in [4.78, 5) is 0. The lowest BCUT2D eigenvalue weighted by atomic mass is 9.72. The number of hydrogen-bond donors (Lipinski definition) is 4. The molecular weight excluding hydrogens is 743 g/mol. The predicted octanol–water partition coefficient (Wildman–Crippen LogP) is 13.1. The summed E-state index contributed by atoms with van der Waals surface area (Å²) in [5, 5.41) is 50.7. The number of fused-ring (bicyclic) bond motifs is 8. The Morgan fingerprint density at radius 2 is 0.509 bits per heavy atom. The summed E-state index contributed by atoms with van der Waals surface area (Å²) in [6, 6.07) is 32.1. The van der Waals surface area contributed by atoms with Gasteiger partial charge in [-0.1, -0.05) is 72.8 Å². The molecule has 4 nitrogen and oxygen atoms in total. The van der Waals surface area contributed by atoms with E-state index in [9.17, 15) is 20.4 Å². The molecule has 0 fully saturated rings. The smallest absolute Gasteiger partial charge is 0.411 e. The van der Waals surface area contributed by atoms with Crippen LogP contribution in [0.3, 0.4) is 0 Å². The Hall–Kier alpha value is -6.94. The molecule has 0 aromatic heterocycles. The van der Waals surface area contributed by atoms with Gasteiger partial charge in [0.05, 0.1) is 0 Å². The Bertz CT molecular complexity index is 3160. The second-order valence-corrected chi connectivity index (χ2v) is 14.5. The fourth-order valence-electron chi connectivity index (χ4n) is 8.67. The molecule has 0 heterocycles. The molecule has 10 rings (SSSR count). The van der Waals surface area contributed by atoms with Crippen molar-refractivity contribution in [3.05, 3.63) is 145 Å². The van der Waals surface area contributed by atoms with E-state index in [-0.39, 0.29) is 76.9 Å². The monoisotopic (exact) mass is 768 g/mol. The Kier molecular flexibility index (Phi) is 7.00. The zero-order chi connectivity index (χ0) is 39.8. The zero-order valence-corrected chi connectivity index (χ0v) is 29.3. The van der Waals surface area contributed by atoms with Gasteiger partial charge in [0.25, 0.3) is 0 Å². The normalized spacial score (nSPS) is 13.0. The summed E-state index contributed by atoms with van der Waals surface area (Å²) in [6.45, 7) is 0. The Labute approximate surface area is 317 Å². The molecule has 0 amide bonds. The number of benzene rings is 10. The third kappa shape index (κ3) is 4.76. The van der Waals surface area contributed by atoms with Gasteiger partial charge in [-0.05, 0) is 115 Å². The van der Waals surface area contributed by atoms with Crippen molar-refractivity contribution < 1.29 is 46.8 Å². The highest BCUT2D eigenvalue weighted by atomic mass is 19.4. The van der Waals surface area contributed by atoms with Crippen LogP contribution in [0.4, 0.5) is 26.3 Å². The molecule has 10 heteroatoms. The molecule has 10 aromatic rings. The minimum atomic E-state index is -5.91. The molecule has 4 N–H and O–H groups in total. The van der Waals surface area contributed by atoms with E-state index in [1.165, 1.54) is 24.3 Å². The third-order valence-electron chi connectivity index (χ3n) is 11.5. The van der Waals surface area contributed by atoms with Gasteiger partial charge in [-0.15, -0.1) is 0 Å². The molecule has 0 unspecified atom stereocenters. The summed E-state index contributed by atoms with van der Waals surface area (Å²) in [5.41, 5.74) is -6.74. The van der Waals surface area contributed by atoms with Crippen LogP contribution < -0.4 is 0 Å². The van der Waals surface area contributed by atoms with Crippen molar-refractivity contribution in [2.24, 2.45) is 0 Å². The number of hydrogen-bond acceptors (Lipinski definition) is 4. The van der Waals surface area contributed by atoms with Crippen molar-refractivity contribution in [1.29, 1.82) is 0 Å². The molecule has 0 aliphatic heterocycles. The molecule has 0 aliphatic rings. The molecule has 0 saturated heterocycles. The lowest BCUT2D eigenvalue weighted by Gasteiger charge is -2.38. The van der Waals surface area contributed by atoms with Gasteiger partial charge in [-0.3, -0.25) is 0 Å². The predicted molar refractivity (Wildman–Crippen MR) is 212 cm³/mol. The molecule has 0 spiro atoms. The molecule has 0 radical (unpaired) electrons. The van der Waals surface area contributed by atoms with Crippen LogP contribution in [-0.2, 0) is 5.41 Å². The first kappa shape index (κ1) is 34.5. The van der Waals surface area contributed by atoms with E-state index in [4.69, 9.17) is 0 Å². The van der Waals surface area contributed by atoms with Gasteiger partial charge in [-0.2, -0.15) is 26.3 Å². The number of alkyl halides is 6. The molecule has 0 atom stereocenters. The maximum absolute atomic E-state index is 15.5. The SMILES string of the molecule is Oc1c2cc3ccccc3cc2c(O)c2cc3cc(C(c4ccc5cc6c(O)c7cc8ccccc8cc7c(O)c6cc5c4)(C(F)(F)F)C(F)(F)F)ccc3cc12.